The second kappa shape index (κ2) is 27.5. The number of amides is 2. The molecule has 1 aliphatic heterocycles. The minimum Gasteiger partial charge on any atom is -0.345 e. The minimum absolute atomic E-state index is 0.00391. The molecule has 0 aromatic rings. The number of Topliss-reactive ketones (excluding diaryl/α,β-unsaturated/α-hetero) is 3. The van der Waals surface area contributed by atoms with Gasteiger partial charge in [-0.05, 0) is 138 Å². The summed E-state index contributed by atoms with van der Waals surface area (Å²) in [4.78, 5) is 69.4. The van der Waals surface area contributed by atoms with E-state index in [1.165, 1.54) is 0 Å². The van der Waals surface area contributed by atoms with Crippen LogP contribution in [0.4, 0.5) is 0 Å². The molecule has 0 aromatic heterocycles. The van der Waals surface area contributed by atoms with Crippen molar-refractivity contribution in [1.29, 1.82) is 0 Å². The highest BCUT2D eigenvalue weighted by Gasteiger charge is 2.39. The lowest BCUT2D eigenvalue weighted by molar-refractivity contribution is -0.144. The van der Waals surface area contributed by atoms with Crippen molar-refractivity contribution in [3.63, 3.8) is 0 Å². The Kier molecular flexibility index (Phi) is 25.2. The van der Waals surface area contributed by atoms with E-state index in [1.54, 1.807) is 11.8 Å². The van der Waals surface area contributed by atoms with Gasteiger partial charge in [-0.1, -0.05) is 26.2 Å². The summed E-state index contributed by atoms with van der Waals surface area (Å²) in [6.45, 7) is 7.50. The number of rotatable bonds is 31. The fourth-order valence-electron chi connectivity index (χ4n) is 7.00. The van der Waals surface area contributed by atoms with E-state index in [2.05, 4.69) is 26.6 Å². The maximum absolute atomic E-state index is 14.2. The second-order valence-corrected chi connectivity index (χ2v) is 14.1. The van der Waals surface area contributed by atoms with Gasteiger partial charge in [0, 0.05) is 37.1 Å². The summed E-state index contributed by atoms with van der Waals surface area (Å²) in [5, 5.41) is 15.6. The molecule has 11 heteroatoms. The third-order valence-corrected chi connectivity index (χ3v) is 10.2. The molecule has 5 N–H and O–H groups in total. The van der Waals surface area contributed by atoms with Gasteiger partial charge in [0.2, 0.25) is 11.8 Å². The molecule has 0 aromatic carbocycles. The van der Waals surface area contributed by atoms with Crippen molar-refractivity contribution >= 4 is 29.2 Å². The number of nitrogens with zero attached hydrogens (tertiary/aromatic N) is 1. The maximum Gasteiger partial charge on any atom is 0.243 e. The summed E-state index contributed by atoms with van der Waals surface area (Å²) in [5.74, 6) is -1.25. The third-order valence-electron chi connectivity index (χ3n) is 10.2. The third kappa shape index (κ3) is 18.0. The van der Waals surface area contributed by atoms with Crippen molar-refractivity contribution in [2.45, 2.75) is 135 Å². The molecule has 49 heavy (non-hydrogen) atoms. The molecule has 5 unspecified atom stereocenters. The first kappa shape index (κ1) is 44.8. The smallest absolute Gasteiger partial charge is 0.243 e. The molecule has 1 aliphatic rings. The van der Waals surface area contributed by atoms with Crippen LogP contribution in [0.2, 0.25) is 0 Å². The Morgan fingerprint density at radius 1 is 0.633 bits per heavy atom. The molecule has 0 radical (unpaired) electrons. The van der Waals surface area contributed by atoms with Gasteiger partial charge in [-0.2, -0.15) is 0 Å². The number of unbranched alkanes of at least 4 members (excludes halogenated alkanes) is 4. The van der Waals surface area contributed by atoms with Gasteiger partial charge in [-0.3, -0.25) is 24.0 Å². The Balaban J connectivity index is 3.08. The monoisotopic (exact) mass is 693 g/mol. The summed E-state index contributed by atoms with van der Waals surface area (Å²) in [5.41, 5.74) is 0. The lowest BCUT2D eigenvalue weighted by Crippen LogP contribution is -2.52. The van der Waals surface area contributed by atoms with Crippen LogP contribution in [0.5, 0.6) is 0 Å². The number of nitrogens with one attached hydrogen (secondary N) is 5. The van der Waals surface area contributed by atoms with E-state index < -0.39 is 18.0 Å². The molecule has 0 saturated carbocycles. The van der Waals surface area contributed by atoms with Crippen LogP contribution in [0.1, 0.15) is 123 Å². The maximum atomic E-state index is 14.2. The zero-order valence-electron chi connectivity index (χ0n) is 31.9. The molecule has 284 valence electrons. The average Bonchev–Trinajstić information content (AvgIpc) is 3.58. The number of likely N-dealkylation sites (tertiary alicyclic amines) is 1. The van der Waals surface area contributed by atoms with Crippen LogP contribution in [0.15, 0.2) is 0 Å². The quantitative estimate of drug-likeness (QED) is 0.0685. The molecular formula is C38H72N6O5. The predicted octanol–water partition coefficient (Wildman–Crippen LogP) is 3.79. The number of carbonyl (C=O) groups is 5. The summed E-state index contributed by atoms with van der Waals surface area (Å²) in [6, 6.07) is -1.36. The van der Waals surface area contributed by atoms with Gasteiger partial charge in [0.05, 0.1) is 6.04 Å². The van der Waals surface area contributed by atoms with Crippen LogP contribution < -0.4 is 26.6 Å². The van der Waals surface area contributed by atoms with E-state index in [0.717, 1.165) is 90.4 Å². The van der Waals surface area contributed by atoms with Crippen LogP contribution in [0.3, 0.4) is 0 Å². The van der Waals surface area contributed by atoms with Crippen molar-refractivity contribution in [2.75, 3.05) is 60.9 Å². The number of carbonyl (C=O) groups excluding carboxylic acids is 5. The lowest BCUT2D eigenvalue weighted by atomic mass is 9.86. The minimum atomic E-state index is -0.701. The molecule has 1 fully saturated rings. The molecule has 1 heterocycles. The molecular weight excluding hydrogens is 620 g/mol. The van der Waals surface area contributed by atoms with Gasteiger partial charge in [0.1, 0.15) is 17.6 Å². The van der Waals surface area contributed by atoms with Crippen LogP contribution in [0.25, 0.3) is 0 Å². The Hall–Kier alpha value is -2.21. The van der Waals surface area contributed by atoms with Crippen molar-refractivity contribution < 1.29 is 24.0 Å². The van der Waals surface area contributed by atoms with Crippen LogP contribution in [-0.4, -0.2) is 107 Å². The zero-order chi connectivity index (χ0) is 36.4. The molecule has 5 atom stereocenters. The van der Waals surface area contributed by atoms with E-state index in [9.17, 15) is 24.0 Å². The summed E-state index contributed by atoms with van der Waals surface area (Å²) >= 11 is 0. The van der Waals surface area contributed by atoms with E-state index >= 15 is 0 Å². The first-order chi connectivity index (χ1) is 23.6. The molecule has 1 rings (SSSR count). The molecule has 0 bridgehead atoms. The van der Waals surface area contributed by atoms with Gasteiger partial charge in [0.25, 0.3) is 0 Å². The highest BCUT2D eigenvalue weighted by atomic mass is 16.2. The van der Waals surface area contributed by atoms with Gasteiger partial charge in [-0.15, -0.1) is 0 Å². The molecule has 0 aliphatic carbocycles. The fourth-order valence-corrected chi connectivity index (χ4v) is 7.00. The zero-order valence-corrected chi connectivity index (χ0v) is 31.9. The SMILES string of the molecule is CCC(CCCCNC)C(=O)CC(CCCCNC)C(=O)N1CCCC1C(=O)NC(CCCCNC)C(=O)CC(CCCCNC)C(C)=O. The van der Waals surface area contributed by atoms with Gasteiger partial charge >= 0.3 is 0 Å². The Bertz CT molecular complexity index is 963. The van der Waals surface area contributed by atoms with Crippen LogP contribution >= 0.6 is 0 Å². The predicted molar refractivity (Wildman–Crippen MR) is 198 cm³/mol. The Morgan fingerprint density at radius 2 is 1.10 bits per heavy atom. The lowest BCUT2D eigenvalue weighted by Gasteiger charge is -2.30. The number of hydrogen-bond acceptors (Lipinski definition) is 9. The summed E-state index contributed by atoms with van der Waals surface area (Å²) in [7, 11) is 7.62. The largest absolute Gasteiger partial charge is 0.345 e. The standard InChI is InChI=1S/C38H72N6O5/c1-7-30(17-8-12-22-39-3)35(46)28-32(19-10-14-24-41-5)38(49)44-26-16-21-34(44)37(48)43-33(20-11-15-25-42-6)36(47)27-31(29(2)45)18-9-13-23-40-4/h30-34,39-42H,7-28H2,1-6H3,(H,43,48). The normalized spacial score (nSPS) is 17.0. The van der Waals surface area contributed by atoms with E-state index in [0.29, 0.717) is 38.6 Å². The number of hydrogen-bond donors (Lipinski definition) is 5. The topological polar surface area (TPSA) is 149 Å². The molecule has 11 nitrogen and oxygen atoms in total. The molecule has 1 saturated heterocycles. The molecule has 2 amide bonds. The Labute approximate surface area is 298 Å². The first-order valence-corrected chi connectivity index (χ1v) is 19.4. The van der Waals surface area contributed by atoms with Gasteiger partial charge in [0.15, 0.2) is 5.78 Å². The van der Waals surface area contributed by atoms with Gasteiger partial charge < -0.3 is 31.5 Å². The van der Waals surface area contributed by atoms with Crippen molar-refractivity contribution in [1.82, 2.24) is 31.5 Å². The van der Waals surface area contributed by atoms with E-state index in [4.69, 9.17) is 0 Å². The second-order valence-electron chi connectivity index (χ2n) is 14.1. The first-order valence-electron chi connectivity index (χ1n) is 19.4. The van der Waals surface area contributed by atoms with Crippen LogP contribution in [-0.2, 0) is 24.0 Å². The van der Waals surface area contributed by atoms with Crippen molar-refractivity contribution in [2.24, 2.45) is 17.8 Å². The highest BCUT2D eigenvalue weighted by Crippen LogP contribution is 2.27. The highest BCUT2D eigenvalue weighted by molar-refractivity contribution is 5.95. The van der Waals surface area contributed by atoms with Crippen molar-refractivity contribution in [3.05, 3.63) is 0 Å². The summed E-state index contributed by atoms with van der Waals surface area (Å²) < 4.78 is 0. The van der Waals surface area contributed by atoms with Gasteiger partial charge in [-0.25, -0.2) is 0 Å². The van der Waals surface area contributed by atoms with E-state index in [1.807, 2.05) is 35.1 Å². The number of ketones is 3. The van der Waals surface area contributed by atoms with E-state index in [-0.39, 0.29) is 53.8 Å². The molecule has 0 spiro atoms. The fraction of sp³-hybridized carbons (Fsp3) is 0.868. The summed E-state index contributed by atoms with van der Waals surface area (Å²) in [6.07, 6.45) is 12.0. The van der Waals surface area contributed by atoms with Crippen molar-refractivity contribution in [3.8, 4) is 0 Å². The average molecular weight is 693 g/mol. The van der Waals surface area contributed by atoms with Crippen LogP contribution in [0, 0.1) is 17.8 Å². The Morgan fingerprint density at radius 3 is 1.59 bits per heavy atom.